The first-order valence-electron chi connectivity index (χ1n) is 7.28. The maximum Gasteiger partial charge on any atom is 0.0412 e. The molecule has 0 saturated carbocycles. The fraction of sp³-hybridized carbons (Fsp3) is 0.625. The summed E-state index contributed by atoms with van der Waals surface area (Å²) in [5.74, 6) is 0. The molecule has 0 radical (unpaired) electrons. The topological polar surface area (TPSA) is 15.3 Å². The van der Waals surface area contributed by atoms with Crippen LogP contribution in [0.4, 0.5) is 5.69 Å². The van der Waals surface area contributed by atoms with Gasteiger partial charge in [-0.15, -0.1) is 0 Å². The lowest BCUT2D eigenvalue weighted by Crippen LogP contribution is -2.27. The Bertz CT molecular complexity index is 341. The molecular weight excluding hydrogens is 220 g/mol. The molecule has 0 heterocycles. The maximum atomic E-state index is 3.44. The molecule has 0 aliphatic heterocycles. The van der Waals surface area contributed by atoms with Crippen LogP contribution in [0.5, 0.6) is 0 Å². The van der Waals surface area contributed by atoms with Crippen molar-refractivity contribution in [3.05, 3.63) is 29.3 Å². The molecule has 1 aromatic carbocycles. The molecular formula is C16H28N2. The van der Waals surface area contributed by atoms with Gasteiger partial charge in [0.05, 0.1) is 0 Å². The van der Waals surface area contributed by atoms with Crippen molar-refractivity contribution >= 4 is 5.69 Å². The Labute approximate surface area is 112 Å². The molecule has 0 atom stereocenters. The lowest BCUT2D eigenvalue weighted by atomic mass is 10.1. The number of hydrogen-bond acceptors (Lipinski definition) is 2. The van der Waals surface area contributed by atoms with Crippen LogP contribution in [0.1, 0.15) is 44.7 Å². The highest BCUT2D eigenvalue weighted by Crippen LogP contribution is 2.22. The van der Waals surface area contributed by atoms with Gasteiger partial charge in [-0.1, -0.05) is 38.5 Å². The van der Waals surface area contributed by atoms with Crippen LogP contribution in [0.25, 0.3) is 0 Å². The van der Waals surface area contributed by atoms with Gasteiger partial charge in [0.25, 0.3) is 0 Å². The van der Waals surface area contributed by atoms with Gasteiger partial charge in [-0.25, -0.2) is 0 Å². The number of anilines is 1. The van der Waals surface area contributed by atoms with E-state index in [-0.39, 0.29) is 0 Å². The highest BCUT2D eigenvalue weighted by molar-refractivity contribution is 5.55. The Balaban J connectivity index is 2.95. The highest BCUT2D eigenvalue weighted by atomic mass is 15.1. The van der Waals surface area contributed by atoms with E-state index >= 15 is 0 Å². The van der Waals surface area contributed by atoms with Crippen LogP contribution < -0.4 is 10.2 Å². The Kier molecular flexibility index (Phi) is 6.81. The molecule has 0 unspecified atom stereocenters. The molecule has 0 spiro atoms. The van der Waals surface area contributed by atoms with Crippen molar-refractivity contribution in [3.8, 4) is 0 Å². The smallest absolute Gasteiger partial charge is 0.0412 e. The Morgan fingerprint density at radius 2 is 1.72 bits per heavy atom. The van der Waals surface area contributed by atoms with Gasteiger partial charge < -0.3 is 10.2 Å². The normalized spacial score (nSPS) is 10.7. The second-order valence-corrected chi connectivity index (χ2v) is 4.90. The van der Waals surface area contributed by atoms with Gasteiger partial charge in [0, 0.05) is 25.3 Å². The molecule has 0 fully saturated rings. The zero-order chi connectivity index (χ0) is 13.4. The number of hydrogen-bond donors (Lipinski definition) is 1. The molecule has 0 amide bonds. The molecule has 1 rings (SSSR count). The van der Waals surface area contributed by atoms with E-state index in [1.807, 2.05) is 0 Å². The average molecular weight is 248 g/mol. The highest BCUT2D eigenvalue weighted by Gasteiger charge is 2.09. The SMILES string of the molecule is CCCN(CCC)c1ccc(C)cc1CNCC. The van der Waals surface area contributed by atoms with E-state index in [9.17, 15) is 0 Å². The number of nitrogens with one attached hydrogen (secondary N) is 1. The fourth-order valence-corrected chi connectivity index (χ4v) is 2.32. The third-order valence-electron chi connectivity index (χ3n) is 3.13. The molecule has 0 aliphatic rings. The molecule has 1 N–H and O–H groups in total. The predicted octanol–water partition coefficient (Wildman–Crippen LogP) is 3.73. The molecule has 0 aromatic heterocycles. The van der Waals surface area contributed by atoms with Crippen LogP contribution in [0.2, 0.25) is 0 Å². The first-order valence-corrected chi connectivity index (χ1v) is 7.28. The minimum atomic E-state index is 0.970. The minimum absolute atomic E-state index is 0.970. The maximum absolute atomic E-state index is 3.44. The Morgan fingerprint density at radius 3 is 2.28 bits per heavy atom. The van der Waals surface area contributed by atoms with E-state index in [2.05, 4.69) is 56.1 Å². The molecule has 0 aliphatic carbocycles. The molecule has 18 heavy (non-hydrogen) atoms. The van der Waals surface area contributed by atoms with Crippen molar-refractivity contribution in [1.29, 1.82) is 0 Å². The van der Waals surface area contributed by atoms with E-state index in [4.69, 9.17) is 0 Å². The Morgan fingerprint density at radius 1 is 1.06 bits per heavy atom. The van der Waals surface area contributed by atoms with Gasteiger partial charge in [-0.2, -0.15) is 0 Å². The van der Waals surface area contributed by atoms with Gasteiger partial charge in [-0.3, -0.25) is 0 Å². The van der Waals surface area contributed by atoms with Crippen LogP contribution in [-0.4, -0.2) is 19.6 Å². The standard InChI is InChI=1S/C16H28N2/c1-5-10-18(11-6-2)16-9-8-14(4)12-15(16)13-17-7-3/h8-9,12,17H,5-7,10-11,13H2,1-4H3. The number of rotatable bonds is 8. The summed E-state index contributed by atoms with van der Waals surface area (Å²) >= 11 is 0. The predicted molar refractivity (Wildman–Crippen MR) is 81.4 cm³/mol. The van der Waals surface area contributed by atoms with Crippen LogP contribution in [0.3, 0.4) is 0 Å². The quantitative estimate of drug-likeness (QED) is 0.754. The Hall–Kier alpha value is -1.02. The summed E-state index contributed by atoms with van der Waals surface area (Å²) in [6, 6.07) is 6.83. The summed E-state index contributed by atoms with van der Waals surface area (Å²) in [6.45, 7) is 13.1. The second-order valence-electron chi connectivity index (χ2n) is 4.90. The first-order chi connectivity index (χ1) is 8.72. The molecule has 2 nitrogen and oxygen atoms in total. The number of aryl methyl sites for hydroxylation is 1. The van der Waals surface area contributed by atoms with E-state index in [0.717, 1.165) is 26.2 Å². The number of benzene rings is 1. The lowest BCUT2D eigenvalue weighted by molar-refractivity contribution is 0.706. The zero-order valence-corrected chi connectivity index (χ0v) is 12.4. The van der Waals surface area contributed by atoms with Gasteiger partial charge in [0.1, 0.15) is 0 Å². The van der Waals surface area contributed by atoms with Crippen molar-refractivity contribution in [1.82, 2.24) is 5.32 Å². The zero-order valence-electron chi connectivity index (χ0n) is 12.4. The van der Waals surface area contributed by atoms with Crippen molar-refractivity contribution in [3.63, 3.8) is 0 Å². The monoisotopic (exact) mass is 248 g/mol. The van der Waals surface area contributed by atoms with E-state index in [1.165, 1.54) is 29.7 Å². The van der Waals surface area contributed by atoms with Crippen molar-refractivity contribution < 1.29 is 0 Å². The summed E-state index contributed by atoms with van der Waals surface area (Å²) in [7, 11) is 0. The molecule has 0 saturated heterocycles. The molecule has 2 heteroatoms. The minimum Gasteiger partial charge on any atom is -0.371 e. The van der Waals surface area contributed by atoms with Crippen molar-refractivity contribution in [2.24, 2.45) is 0 Å². The van der Waals surface area contributed by atoms with Crippen LogP contribution in [0.15, 0.2) is 18.2 Å². The summed E-state index contributed by atoms with van der Waals surface area (Å²) in [5, 5.41) is 3.44. The lowest BCUT2D eigenvalue weighted by Gasteiger charge is -2.27. The number of nitrogens with zero attached hydrogens (tertiary/aromatic N) is 1. The average Bonchev–Trinajstić information content (AvgIpc) is 2.36. The largest absolute Gasteiger partial charge is 0.371 e. The van der Waals surface area contributed by atoms with Gasteiger partial charge >= 0.3 is 0 Å². The third-order valence-corrected chi connectivity index (χ3v) is 3.13. The molecule has 1 aromatic rings. The van der Waals surface area contributed by atoms with Gasteiger partial charge in [0.2, 0.25) is 0 Å². The van der Waals surface area contributed by atoms with E-state index < -0.39 is 0 Å². The fourth-order valence-electron chi connectivity index (χ4n) is 2.32. The second kappa shape index (κ2) is 8.15. The van der Waals surface area contributed by atoms with Crippen molar-refractivity contribution in [2.45, 2.75) is 47.1 Å². The third kappa shape index (κ3) is 4.34. The van der Waals surface area contributed by atoms with Crippen LogP contribution in [0, 0.1) is 6.92 Å². The van der Waals surface area contributed by atoms with Gasteiger partial charge in [0.15, 0.2) is 0 Å². The van der Waals surface area contributed by atoms with Crippen LogP contribution in [-0.2, 0) is 6.54 Å². The molecule has 102 valence electrons. The van der Waals surface area contributed by atoms with E-state index in [0.29, 0.717) is 0 Å². The summed E-state index contributed by atoms with van der Waals surface area (Å²) < 4.78 is 0. The summed E-state index contributed by atoms with van der Waals surface area (Å²) in [5.41, 5.74) is 4.18. The molecule has 0 bridgehead atoms. The first kappa shape index (κ1) is 15.0. The van der Waals surface area contributed by atoms with Crippen LogP contribution >= 0.6 is 0 Å². The van der Waals surface area contributed by atoms with Crippen molar-refractivity contribution in [2.75, 3.05) is 24.5 Å². The summed E-state index contributed by atoms with van der Waals surface area (Å²) in [4.78, 5) is 2.52. The summed E-state index contributed by atoms with van der Waals surface area (Å²) in [6.07, 6.45) is 2.41. The van der Waals surface area contributed by atoms with E-state index in [1.54, 1.807) is 0 Å². The van der Waals surface area contributed by atoms with Gasteiger partial charge in [-0.05, 0) is 37.9 Å².